The van der Waals surface area contributed by atoms with Crippen LogP contribution in [0.3, 0.4) is 0 Å². The lowest BCUT2D eigenvalue weighted by Gasteiger charge is -2.14. The summed E-state index contributed by atoms with van der Waals surface area (Å²) < 4.78 is 5.34. The van der Waals surface area contributed by atoms with Gasteiger partial charge < -0.3 is 4.74 Å². The Balaban J connectivity index is 1.87. The minimum Gasteiger partial charge on any atom is -0.375 e. The zero-order valence-electron chi connectivity index (χ0n) is 7.89. The van der Waals surface area contributed by atoms with Crippen LogP contribution in [0, 0.1) is 5.92 Å². The zero-order valence-corrected chi connectivity index (χ0v) is 7.89. The molecule has 1 fully saturated rings. The van der Waals surface area contributed by atoms with Gasteiger partial charge in [0.05, 0.1) is 31.2 Å². The van der Waals surface area contributed by atoms with E-state index >= 15 is 0 Å². The van der Waals surface area contributed by atoms with E-state index in [1.54, 1.807) is 0 Å². The molecule has 0 unspecified atom stereocenters. The lowest BCUT2D eigenvalue weighted by atomic mass is 10.1. The highest BCUT2D eigenvalue weighted by molar-refractivity contribution is 5.92. The Morgan fingerprint density at radius 1 is 1.29 bits per heavy atom. The Morgan fingerprint density at radius 2 is 2.14 bits per heavy atom. The number of nitrogens with zero attached hydrogens (tertiary/aromatic N) is 2. The summed E-state index contributed by atoms with van der Waals surface area (Å²) in [4.78, 5) is 0. The van der Waals surface area contributed by atoms with Gasteiger partial charge in [-0.1, -0.05) is 18.2 Å². The molecule has 14 heavy (non-hydrogen) atoms. The summed E-state index contributed by atoms with van der Waals surface area (Å²) in [6.07, 6.45) is 0. The molecule has 0 spiro atoms. The first-order valence-corrected chi connectivity index (χ1v) is 4.91. The molecular weight excluding hydrogens is 176 g/mol. The highest BCUT2D eigenvalue weighted by Crippen LogP contribution is 2.25. The van der Waals surface area contributed by atoms with Crippen molar-refractivity contribution in [3.8, 4) is 0 Å². The van der Waals surface area contributed by atoms with Gasteiger partial charge in [0.2, 0.25) is 0 Å². The SMILES string of the molecule is c1ccc(N2C[C@H]3COCC3=N2)cc1. The fourth-order valence-corrected chi connectivity index (χ4v) is 1.96. The Labute approximate surface area is 83.0 Å². The number of hydrazone groups is 1. The van der Waals surface area contributed by atoms with E-state index in [-0.39, 0.29) is 0 Å². The Bertz CT molecular complexity index is 361. The van der Waals surface area contributed by atoms with Gasteiger partial charge in [0.15, 0.2) is 0 Å². The van der Waals surface area contributed by atoms with Gasteiger partial charge in [-0.3, -0.25) is 5.01 Å². The van der Waals surface area contributed by atoms with Gasteiger partial charge in [0, 0.05) is 5.92 Å². The van der Waals surface area contributed by atoms with E-state index in [0.29, 0.717) is 12.5 Å². The molecule has 0 aromatic heterocycles. The number of hydrogen-bond acceptors (Lipinski definition) is 3. The van der Waals surface area contributed by atoms with E-state index in [0.717, 1.165) is 13.2 Å². The number of fused-ring (bicyclic) bond motifs is 1. The third-order valence-electron chi connectivity index (χ3n) is 2.74. The quantitative estimate of drug-likeness (QED) is 0.667. The van der Waals surface area contributed by atoms with Crippen LogP contribution in [0.15, 0.2) is 35.4 Å². The zero-order chi connectivity index (χ0) is 9.38. The molecule has 0 N–H and O–H groups in total. The molecule has 3 nitrogen and oxygen atoms in total. The van der Waals surface area contributed by atoms with Crippen LogP contribution in [0.25, 0.3) is 0 Å². The van der Waals surface area contributed by atoms with Crippen molar-refractivity contribution in [1.82, 2.24) is 0 Å². The van der Waals surface area contributed by atoms with Gasteiger partial charge in [0.25, 0.3) is 0 Å². The van der Waals surface area contributed by atoms with Crippen LogP contribution in [0.5, 0.6) is 0 Å². The molecule has 0 aliphatic carbocycles. The molecule has 0 amide bonds. The molecule has 3 heteroatoms. The van der Waals surface area contributed by atoms with E-state index in [1.165, 1.54) is 11.4 Å². The fraction of sp³-hybridized carbons (Fsp3) is 0.364. The monoisotopic (exact) mass is 188 g/mol. The van der Waals surface area contributed by atoms with E-state index < -0.39 is 0 Å². The first kappa shape index (κ1) is 8.00. The van der Waals surface area contributed by atoms with E-state index in [9.17, 15) is 0 Å². The number of benzene rings is 1. The average Bonchev–Trinajstić information content (AvgIpc) is 2.78. The van der Waals surface area contributed by atoms with Gasteiger partial charge in [-0.15, -0.1) is 0 Å². The molecule has 2 heterocycles. The number of hydrogen-bond donors (Lipinski definition) is 0. The second-order valence-corrected chi connectivity index (χ2v) is 3.72. The van der Waals surface area contributed by atoms with Crippen molar-refractivity contribution >= 4 is 11.4 Å². The molecule has 2 aliphatic heterocycles. The summed E-state index contributed by atoms with van der Waals surface area (Å²) in [6.45, 7) is 2.52. The van der Waals surface area contributed by atoms with Gasteiger partial charge in [0.1, 0.15) is 0 Å². The topological polar surface area (TPSA) is 24.8 Å². The van der Waals surface area contributed by atoms with Crippen LogP contribution in [-0.4, -0.2) is 25.5 Å². The molecular formula is C11H12N2O. The van der Waals surface area contributed by atoms with Crippen molar-refractivity contribution in [3.05, 3.63) is 30.3 Å². The average molecular weight is 188 g/mol. The van der Waals surface area contributed by atoms with Crippen LogP contribution < -0.4 is 5.01 Å². The van der Waals surface area contributed by atoms with E-state index in [4.69, 9.17) is 4.74 Å². The van der Waals surface area contributed by atoms with Gasteiger partial charge in [-0.05, 0) is 12.1 Å². The molecule has 3 rings (SSSR count). The highest BCUT2D eigenvalue weighted by atomic mass is 16.5. The summed E-state index contributed by atoms with van der Waals surface area (Å²) in [6, 6.07) is 10.3. The number of anilines is 1. The van der Waals surface area contributed by atoms with Gasteiger partial charge >= 0.3 is 0 Å². The Hall–Kier alpha value is -1.35. The summed E-state index contributed by atoms with van der Waals surface area (Å²) in [5.74, 6) is 0.523. The number of ether oxygens (including phenoxy) is 1. The Morgan fingerprint density at radius 3 is 2.93 bits per heavy atom. The van der Waals surface area contributed by atoms with Crippen molar-refractivity contribution in [2.45, 2.75) is 0 Å². The fourth-order valence-electron chi connectivity index (χ4n) is 1.96. The van der Waals surface area contributed by atoms with E-state index in [2.05, 4.69) is 22.2 Å². The third-order valence-corrected chi connectivity index (χ3v) is 2.74. The lowest BCUT2D eigenvalue weighted by molar-refractivity contribution is 0.189. The van der Waals surface area contributed by atoms with Crippen LogP contribution in [0.4, 0.5) is 5.69 Å². The predicted octanol–water partition coefficient (Wildman–Crippen LogP) is 1.51. The summed E-state index contributed by atoms with van der Waals surface area (Å²) in [7, 11) is 0. The molecule has 0 bridgehead atoms. The predicted molar refractivity (Wildman–Crippen MR) is 55.5 cm³/mol. The lowest BCUT2D eigenvalue weighted by Crippen LogP contribution is -2.18. The molecule has 1 aromatic rings. The van der Waals surface area contributed by atoms with Crippen molar-refractivity contribution < 1.29 is 4.74 Å². The van der Waals surface area contributed by atoms with Crippen molar-refractivity contribution in [1.29, 1.82) is 0 Å². The second-order valence-electron chi connectivity index (χ2n) is 3.72. The molecule has 1 saturated heterocycles. The summed E-state index contributed by atoms with van der Waals surface area (Å²) >= 11 is 0. The second kappa shape index (κ2) is 3.10. The molecule has 2 aliphatic rings. The first-order valence-electron chi connectivity index (χ1n) is 4.91. The minimum atomic E-state index is 0.523. The molecule has 0 radical (unpaired) electrons. The van der Waals surface area contributed by atoms with Crippen LogP contribution in [0.1, 0.15) is 0 Å². The molecule has 72 valence electrons. The van der Waals surface area contributed by atoms with Crippen LogP contribution >= 0.6 is 0 Å². The van der Waals surface area contributed by atoms with Crippen LogP contribution in [-0.2, 0) is 4.74 Å². The summed E-state index contributed by atoms with van der Waals surface area (Å²) in [5.41, 5.74) is 2.38. The van der Waals surface area contributed by atoms with Gasteiger partial charge in [-0.25, -0.2) is 0 Å². The third kappa shape index (κ3) is 1.21. The van der Waals surface area contributed by atoms with Crippen molar-refractivity contribution in [3.63, 3.8) is 0 Å². The van der Waals surface area contributed by atoms with E-state index in [1.807, 2.05) is 18.2 Å². The standard InChI is InChI=1S/C11H12N2O/c1-2-4-10(5-3-1)13-6-9-7-14-8-11(9)12-13/h1-5,9H,6-8H2/t9-/m0/s1. The van der Waals surface area contributed by atoms with Crippen LogP contribution in [0.2, 0.25) is 0 Å². The normalized spacial score (nSPS) is 25.0. The molecule has 1 aromatic carbocycles. The maximum atomic E-state index is 5.34. The first-order chi connectivity index (χ1) is 6.93. The minimum absolute atomic E-state index is 0.523. The maximum absolute atomic E-state index is 5.34. The number of para-hydroxylation sites is 1. The summed E-state index contributed by atoms with van der Waals surface area (Å²) in [5, 5.41) is 6.62. The molecule has 1 atom stereocenters. The van der Waals surface area contributed by atoms with Crippen molar-refractivity contribution in [2.24, 2.45) is 11.0 Å². The maximum Gasteiger partial charge on any atom is 0.0871 e. The smallest absolute Gasteiger partial charge is 0.0871 e. The Kier molecular flexibility index (Phi) is 1.77. The largest absolute Gasteiger partial charge is 0.375 e. The number of rotatable bonds is 1. The van der Waals surface area contributed by atoms with Crippen molar-refractivity contribution in [2.75, 3.05) is 24.8 Å². The van der Waals surface area contributed by atoms with Gasteiger partial charge in [-0.2, -0.15) is 5.10 Å². The highest BCUT2D eigenvalue weighted by Gasteiger charge is 2.31. The molecule has 0 saturated carbocycles.